The zero-order valence-corrected chi connectivity index (χ0v) is 13.6. The average Bonchev–Trinajstić information content (AvgIpc) is 3.19. The lowest BCUT2D eigenvalue weighted by Crippen LogP contribution is -2.33. The van der Waals surface area contributed by atoms with Crippen LogP contribution in [0.4, 0.5) is 5.82 Å². The lowest BCUT2D eigenvalue weighted by atomic mass is 10.2. The second kappa shape index (κ2) is 6.49. The molecule has 2 aromatic rings. The Bertz CT molecular complexity index is 678. The van der Waals surface area contributed by atoms with Crippen LogP contribution in [-0.4, -0.2) is 39.2 Å². The molecule has 1 fully saturated rings. The minimum atomic E-state index is -0.127. The number of nitrogens with one attached hydrogen (secondary N) is 1. The summed E-state index contributed by atoms with van der Waals surface area (Å²) in [5.74, 6) is 2.46. The second-order valence-corrected chi connectivity index (χ2v) is 6.14. The molecule has 0 saturated carbocycles. The molecule has 1 atom stereocenters. The van der Waals surface area contributed by atoms with E-state index in [9.17, 15) is 4.79 Å². The first-order valence-corrected chi connectivity index (χ1v) is 7.83. The van der Waals surface area contributed by atoms with Gasteiger partial charge in [-0.3, -0.25) is 9.69 Å². The summed E-state index contributed by atoms with van der Waals surface area (Å²) in [6.45, 7) is 6.90. The number of hydrogen-bond donors (Lipinski definition) is 1. The molecule has 3 heterocycles. The second-order valence-electron chi connectivity index (χ2n) is 6.14. The number of carbonyl (C=O) groups is 1. The van der Waals surface area contributed by atoms with Crippen molar-refractivity contribution in [3.63, 3.8) is 0 Å². The molecule has 0 radical (unpaired) electrons. The van der Waals surface area contributed by atoms with Crippen LogP contribution in [-0.2, 0) is 4.79 Å². The van der Waals surface area contributed by atoms with E-state index < -0.39 is 0 Å². The number of carbonyl (C=O) groups excluding carboxylic acids is 1. The minimum Gasteiger partial charge on any atom is -0.360 e. The largest absolute Gasteiger partial charge is 0.360 e. The van der Waals surface area contributed by atoms with Gasteiger partial charge in [-0.05, 0) is 26.3 Å². The van der Waals surface area contributed by atoms with Crippen LogP contribution < -0.4 is 5.32 Å². The topological polar surface area (TPSA) is 97.3 Å². The number of likely N-dealkylation sites (tertiary alicyclic amines) is 1. The Hall–Kier alpha value is -2.22. The third-order valence-electron chi connectivity index (χ3n) is 3.86. The monoisotopic (exact) mass is 319 g/mol. The van der Waals surface area contributed by atoms with Gasteiger partial charge >= 0.3 is 0 Å². The third kappa shape index (κ3) is 3.58. The fourth-order valence-electron chi connectivity index (χ4n) is 2.72. The molecular weight excluding hydrogens is 298 g/mol. The Morgan fingerprint density at radius 3 is 2.91 bits per heavy atom. The Kier molecular flexibility index (Phi) is 4.42. The zero-order chi connectivity index (χ0) is 16.4. The highest BCUT2D eigenvalue weighted by molar-refractivity contribution is 5.91. The molecule has 23 heavy (non-hydrogen) atoms. The van der Waals surface area contributed by atoms with Crippen LogP contribution in [0.25, 0.3) is 0 Å². The van der Waals surface area contributed by atoms with E-state index in [1.165, 1.54) is 0 Å². The van der Waals surface area contributed by atoms with Crippen LogP contribution in [0.1, 0.15) is 56.1 Å². The van der Waals surface area contributed by atoms with Crippen LogP contribution in [0.15, 0.2) is 15.1 Å². The Morgan fingerprint density at radius 2 is 2.26 bits per heavy atom. The SMILES string of the molecule is Cc1cc(NC(=O)CN2CCC[C@H]2c2noc(C(C)C)n2)no1. The maximum absolute atomic E-state index is 12.2. The van der Waals surface area contributed by atoms with Gasteiger partial charge in [0.2, 0.25) is 11.8 Å². The van der Waals surface area contributed by atoms with Gasteiger partial charge in [0.1, 0.15) is 5.76 Å². The predicted octanol–water partition coefficient (Wildman–Crippen LogP) is 2.27. The van der Waals surface area contributed by atoms with Gasteiger partial charge in [-0.2, -0.15) is 4.98 Å². The maximum atomic E-state index is 12.2. The minimum absolute atomic E-state index is 0.0241. The Balaban J connectivity index is 1.63. The molecule has 3 rings (SSSR count). The molecule has 124 valence electrons. The van der Waals surface area contributed by atoms with Crippen LogP contribution in [0.2, 0.25) is 0 Å². The van der Waals surface area contributed by atoms with Crippen molar-refractivity contribution < 1.29 is 13.8 Å². The van der Waals surface area contributed by atoms with Gasteiger partial charge in [0, 0.05) is 12.0 Å². The number of nitrogens with zero attached hydrogens (tertiary/aromatic N) is 4. The molecule has 8 heteroatoms. The van der Waals surface area contributed by atoms with Crippen LogP contribution in [0.3, 0.4) is 0 Å². The van der Waals surface area contributed by atoms with Gasteiger partial charge in [0.05, 0.1) is 12.6 Å². The number of anilines is 1. The first-order valence-electron chi connectivity index (χ1n) is 7.83. The summed E-state index contributed by atoms with van der Waals surface area (Å²) in [5.41, 5.74) is 0. The number of hydrogen-bond acceptors (Lipinski definition) is 7. The molecular formula is C15H21N5O3. The summed E-state index contributed by atoms with van der Waals surface area (Å²) >= 11 is 0. The van der Waals surface area contributed by atoms with E-state index in [0.29, 0.717) is 23.3 Å². The van der Waals surface area contributed by atoms with E-state index in [4.69, 9.17) is 9.05 Å². The first-order chi connectivity index (χ1) is 11.0. The molecule has 8 nitrogen and oxygen atoms in total. The summed E-state index contributed by atoms with van der Waals surface area (Å²) < 4.78 is 10.2. The summed E-state index contributed by atoms with van der Waals surface area (Å²) in [4.78, 5) is 18.7. The quantitative estimate of drug-likeness (QED) is 0.902. The summed E-state index contributed by atoms with van der Waals surface area (Å²) in [7, 11) is 0. The maximum Gasteiger partial charge on any atom is 0.239 e. The van der Waals surface area contributed by atoms with E-state index in [2.05, 4.69) is 25.5 Å². The molecule has 1 N–H and O–H groups in total. The molecule has 0 spiro atoms. The van der Waals surface area contributed by atoms with Gasteiger partial charge in [-0.15, -0.1) is 0 Å². The highest BCUT2D eigenvalue weighted by Gasteiger charge is 2.31. The van der Waals surface area contributed by atoms with Crippen molar-refractivity contribution in [2.45, 2.75) is 45.6 Å². The molecule has 0 unspecified atom stereocenters. The normalized spacial score (nSPS) is 18.7. The highest BCUT2D eigenvalue weighted by Crippen LogP contribution is 2.30. The molecule has 0 aromatic carbocycles. The first kappa shape index (κ1) is 15.7. The number of rotatable bonds is 5. The number of aromatic nitrogens is 3. The molecule has 2 aromatic heterocycles. The Labute approximate surface area is 134 Å². The molecule has 1 aliphatic heterocycles. The zero-order valence-electron chi connectivity index (χ0n) is 13.6. The van der Waals surface area contributed by atoms with E-state index >= 15 is 0 Å². The van der Waals surface area contributed by atoms with Crippen molar-refractivity contribution in [2.24, 2.45) is 0 Å². The standard InChI is InChI=1S/C15H21N5O3/c1-9(2)15-17-14(19-23-15)11-5-4-6-20(11)8-13(21)16-12-7-10(3)22-18-12/h7,9,11H,4-6,8H2,1-3H3,(H,16,18,21)/t11-/m0/s1. The highest BCUT2D eigenvalue weighted by atomic mass is 16.5. The van der Waals surface area contributed by atoms with E-state index in [1.54, 1.807) is 13.0 Å². The van der Waals surface area contributed by atoms with Crippen molar-refractivity contribution in [1.29, 1.82) is 0 Å². The van der Waals surface area contributed by atoms with E-state index in [-0.39, 0.29) is 24.4 Å². The van der Waals surface area contributed by atoms with Crippen LogP contribution in [0.5, 0.6) is 0 Å². The van der Waals surface area contributed by atoms with Gasteiger partial charge in [-0.1, -0.05) is 24.2 Å². The van der Waals surface area contributed by atoms with Crippen molar-refractivity contribution in [3.8, 4) is 0 Å². The third-order valence-corrected chi connectivity index (χ3v) is 3.86. The fourth-order valence-corrected chi connectivity index (χ4v) is 2.72. The molecule has 0 aliphatic carbocycles. The number of aryl methyl sites for hydroxylation is 1. The van der Waals surface area contributed by atoms with Crippen LogP contribution >= 0.6 is 0 Å². The van der Waals surface area contributed by atoms with Crippen molar-refractivity contribution in [3.05, 3.63) is 23.5 Å². The van der Waals surface area contributed by atoms with E-state index in [1.807, 2.05) is 13.8 Å². The predicted molar refractivity (Wildman–Crippen MR) is 81.8 cm³/mol. The van der Waals surface area contributed by atoms with Gasteiger partial charge in [-0.25, -0.2) is 0 Å². The Morgan fingerprint density at radius 1 is 1.43 bits per heavy atom. The molecule has 1 amide bonds. The molecule has 1 saturated heterocycles. The van der Waals surface area contributed by atoms with Gasteiger partial charge in [0.25, 0.3) is 0 Å². The lowest BCUT2D eigenvalue weighted by Gasteiger charge is -2.20. The summed E-state index contributed by atoms with van der Waals surface area (Å²) in [5, 5.41) is 10.6. The van der Waals surface area contributed by atoms with Crippen molar-refractivity contribution in [2.75, 3.05) is 18.4 Å². The summed E-state index contributed by atoms with van der Waals surface area (Å²) in [6, 6.07) is 1.71. The average molecular weight is 319 g/mol. The van der Waals surface area contributed by atoms with Gasteiger partial charge in [0.15, 0.2) is 11.6 Å². The van der Waals surface area contributed by atoms with E-state index in [0.717, 1.165) is 19.4 Å². The number of amides is 1. The van der Waals surface area contributed by atoms with Crippen LogP contribution in [0, 0.1) is 6.92 Å². The lowest BCUT2D eigenvalue weighted by molar-refractivity contribution is -0.117. The summed E-state index contributed by atoms with van der Waals surface area (Å²) in [6.07, 6.45) is 1.93. The molecule has 0 bridgehead atoms. The smallest absolute Gasteiger partial charge is 0.239 e. The fraction of sp³-hybridized carbons (Fsp3) is 0.600. The van der Waals surface area contributed by atoms with Gasteiger partial charge < -0.3 is 14.4 Å². The molecule has 1 aliphatic rings. The van der Waals surface area contributed by atoms with Crippen molar-refractivity contribution in [1.82, 2.24) is 20.2 Å². The van der Waals surface area contributed by atoms with Crippen molar-refractivity contribution >= 4 is 11.7 Å².